The number of rotatable bonds is 3. The van der Waals surface area contributed by atoms with E-state index in [9.17, 15) is 5.11 Å². The molecule has 0 saturated carbocycles. The summed E-state index contributed by atoms with van der Waals surface area (Å²) >= 11 is 0. The predicted molar refractivity (Wildman–Crippen MR) is 92.8 cm³/mol. The molecule has 3 rings (SSSR count). The average molecular weight is 335 g/mol. The lowest BCUT2D eigenvalue weighted by molar-refractivity contribution is -0.149. The first-order chi connectivity index (χ1) is 11.3. The molecule has 1 saturated heterocycles. The lowest BCUT2D eigenvalue weighted by Crippen LogP contribution is -2.53. The molecule has 3 atom stereocenters. The van der Waals surface area contributed by atoms with Crippen LogP contribution in [-0.2, 0) is 11.2 Å². The maximum Gasteiger partial charge on any atom is 0.161 e. The Morgan fingerprint density at radius 1 is 1.12 bits per heavy atom. The molecule has 1 fully saturated rings. The number of methoxy groups -OCH3 is 2. The maximum atomic E-state index is 10.6. The second-order valence-corrected chi connectivity index (χ2v) is 7.74. The van der Waals surface area contributed by atoms with Crippen LogP contribution in [0.15, 0.2) is 12.1 Å². The van der Waals surface area contributed by atoms with Crippen molar-refractivity contribution in [3.05, 3.63) is 23.3 Å². The first-order valence-corrected chi connectivity index (χ1v) is 8.67. The highest BCUT2D eigenvalue weighted by Crippen LogP contribution is 2.42. The van der Waals surface area contributed by atoms with Gasteiger partial charge in [0.15, 0.2) is 11.5 Å². The van der Waals surface area contributed by atoms with Crippen LogP contribution in [0.2, 0.25) is 0 Å². The second-order valence-electron chi connectivity index (χ2n) is 7.74. The zero-order chi connectivity index (χ0) is 17.5. The van der Waals surface area contributed by atoms with E-state index in [0.717, 1.165) is 31.0 Å². The Balaban J connectivity index is 1.86. The monoisotopic (exact) mass is 335 g/mol. The summed E-state index contributed by atoms with van der Waals surface area (Å²) in [5, 5.41) is 10.6. The van der Waals surface area contributed by atoms with Crippen molar-refractivity contribution < 1.29 is 19.3 Å². The molecule has 0 unspecified atom stereocenters. The number of benzene rings is 1. The maximum absolute atomic E-state index is 10.6. The second kappa shape index (κ2) is 6.54. The molecule has 1 aromatic carbocycles. The third-order valence-electron chi connectivity index (χ3n) is 4.93. The normalized spacial score (nSPS) is 27.3. The van der Waals surface area contributed by atoms with E-state index in [-0.39, 0.29) is 17.7 Å². The van der Waals surface area contributed by atoms with Gasteiger partial charge in [0.2, 0.25) is 0 Å². The average Bonchev–Trinajstić information content (AvgIpc) is 2.53. The Kier molecular flexibility index (Phi) is 4.78. The highest BCUT2D eigenvalue weighted by Gasteiger charge is 2.40. The SMILES string of the molecule is COc1cc2c(cc1OC)[C@@H]1C[C@H](O)[C@@H](OC(C)(C)C)CN1CC2. The van der Waals surface area contributed by atoms with Gasteiger partial charge in [-0.05, 0) is 56.9 Å². The molecule has 24 heavy (non-hydrogen) atoms. The van der Waals surface area contributed by atoms with Crippen LogP contribution in [0.25, 0.3) is 0 Å². The van der Waals surface area contributed by atoms with Crippen molar-refractivity contribution >= 4 is 0 Å². The Morgan fingerprint density at radius 3 is 2.42 bits per heavy atom. The zero-order valence-electron chi connectivity index (χ0n) is 15.3. The van der Waals surface area contributed by atoms with E-state index in [1.165, 1.54) is 11.1 Å². The molecule has 5 nitrogen and oxygen atoms in total. The van der Waals surface area contributed by atoms with Gasteiger partial charge in [-0.3, -0.25) is 4.90 Å². The van der Waals surface area contributed by atoms with E-state index in [1.54, 1.807) is 14.2 Å². The molecule has 0 radical (unpaired) electrons. The van der Waals surface area contributed by atoms with E-state index in [1.807, 2.05) is 20.8 Å². The third-order valence-corrected chi connectivity index (χ3v) is 4.93. The van der Waals surface area contributed by atoms with Crippen LogP contribution in [0.5, 0.6) is 11.5 Å². The molecule has 0 spiro atoms. The molecule has 2 heterocycles. The Labute approximate surface area is 144 Å². The molecule has 0 bridgehead atoms. The van der Waals surface area contributed by atoms with Gasteiger partial charge in [-0.15, -0.1) is 0 Å². The number of ether oxygens (including phenoxy) is 3. The molecule has 0 amide bonds. The van der Waals surface area contributed by atoms with Gasteiger partial charge in [0.05, 0.1) is 32.0 Å². The summed E-state index contributed by atoms with van der Waals surface area (Å²) < 4.78 is 17.0. The van der Waals surface area contributed by atoms with E-state index >= 15 is 0 Å². The summed E-state index contributed by atoms with van der Waals surface area (Å²) in [5.41, 5.74) is 2.28. The van der Waals surface area contributed by atoms with Gasteiger partial charge < -0.3 is 19.3 Å². The first-order valence-electron chi connectivity index (χ1n) is 8.67. The summed E-state index contributed by atoms with van der Waals surface area (Å²) in [4.78, 5) is 2.43. The highest BCUT2D eigenvalue weighted by molar-refractivity contribution is 5.49. The largest absolute Gasteiger partial charge is 0.493 e. The van der Waals surface area contributed by atoms with Crippen molar-refractivity contribution in [2.45, 2.75) is 57.5 Å². The van der Waals surface area contributed by atoms with Gasteiger partial charge in [-0.2, -0.15) is 0 Å². The molecule has 134 valence electrons. The third kappa shape index (κ3) is 3.39. The fourth-order valence-electron chi connectivity index (χ4n) is 3.88. The molecule has 5 heteroatoms. The predicted octanol–water partition coefficient (Wildman–Crippen LogP) is 2.55. The van der Waals surface area contributed by atoms with Gasteiger partial charge in [-0.1, -0.05) is 0 Å². The Morgan fingerprint density at radius 2 is 1.79 bits per heavy atom. The van der Waals surface area contributed by atoms with Crippen molar-refractivity contribution in [3.8, 4) is 11.5 Å². The van der Waals surface area contributed by atoms with Crippen LogP contribution in [0.1, 0.15) is 44.4 Å². The summed E-state index contributed by atoms with van der Waals surface area (Å²) in [6.45, 7) is 7.85. The van der Waals surface area contributed by atoms with Gasteiger partial charge in [0.25, 0.3) is 0 Å². The molecule has 1 aromatic rings. The number of nitrogens with zero attached hydrogens (tertiary/aromatic N) is 1. The van der Waals surface area contributed by atoms with E-state index in [4.69, 9.17) is 14.2 Å². The number of piperidine rings is 1. The number of fused-ring (bicyclic) bond motifs is 3. The fraction of sp³-hybridized carbons (Fsp3) is 0.684. The summed E-state index contributed by atoms with van der Waals surface area (Å²) in [6, 6.07) is 4.36. The quantitative estimate of drug-likeness (QED) is 0.920. The van der Waals surface area contributed by atoms with Gasteiger partial charge in [0, 0.05) is 19.1 Å². The van der Waals surface area contributed by atoms with Crippen molar-refractivity contribution in [3.63, 3.8) is 0 Å². The van der Waals surface area contributed by atoms with Crippen molar-refractivity contribution in [2.75, 3.05) is 27.3 Å². The molecule has 2 aliphatic heterocycles. The van der Waals surface area contributed by atoms with Crippen LogP contribution in [0.4, 0.5) is 0 Å². The van der Waals surface area contributed by atoms with Gasteiger partial charge in [-0.25, -0.2) is 0 Å². The lowest BCUT2D eigenvalue weighted by Gasteiger charge is -2.46. The van der Waals surface area contributed by atoms with Crippen molar-refractivity contribution in [2.24, 2.45) is 0 Å². The molecule has 0 aliphatic carbocycles. The number of hydrogen-bond acceptors (Lipinski definition) is 5. The first kappa shape index (κ1) is 17.5. The van der Waals surface area contributed by atoms with Gasteiger partial charge >= 0.3 is 0 Å². The molecule has 1 N–H and O–H groups in total. The lowest BCUT2D eigenvalue weighted by atomic mass is 9.84. The number of aliphatic hydroxyl groups excluding tert-OH is 1. The van der Waals surface area contributed by atoms with Crippen LogP contribution in [-0.4, -0.2) is 55.1 Å². The highest BCUT2D eigenvalue weighted by atomic mass is 16.5. The van der Waals surface area contributed by atoms with Crippen LogP contribution >= 0.6 is 0 Å². The number of aliphatic hydroxyl groups is 1. The van der Waals surface area contributed by atoms with Crippen molar-refractivity contribution in [1.82, 2.24) is 4.90 Å². The zero-order valence-corrected chi connectivity index (χ0v) is 15.3. The van der Waals surface area contributed by atoms with E-state index in [2.05, 4.69) is 17.0 Å². The smallest absolute Gasteiger partial charge is 0.161 e. The summed E-state index contributed by atoms with van der Waals surface area (Å²) in [5.74, 6) is 1.52. The minimum atomic E-state index is -0.454. The minimum Gasteiger partial charge on any atom is -0.493 e. The topological polar surface area (TPSA) is 51.2 Å². The fourth-order valence-corrected chi connectivity index (χ4v) is 3.88. The standard InChI is InChI=1S/C19H29NO4/c1-19(2,3)24-18-11-20-7-6-12-8-16(22-4)17(23-5)9-13(12)14(20)10-15(18)21/h8-9,14-15,18,21H,6-7,10-11H2,1-5H3/t14-,15-,18-/m0/s1. The Bertz CT molecular complexity index is 596. The minimum absolute atomic E-state index is 0.136. The van der Waals surface area contributed by atoms with E-state index in [0.29, 0.717) is 6.42 Å². The van der Waals surface area contributed by atoms with Crippen molar-refractivity contribution in [1.29, 1.82) is 0 Å². The Hall–Kier alpha value is -1.30. The summed E-state index contributed by atoms with van der Waals surface area (Å²) in [7, 11) is 3.33. The number of hydrogen-bond donors (Lipinski definition) is 1. The molecule has 2 aliphatic rings. The summed E-state index contributed by atoms with van der Waals surface area (Å²) in [6.07, 6.45) is 1.07. The van der Waals surface area contributed by atoms with Crippen LogP contribution < -0.4 is 9.47 Å². The molecular weight excluding hydrogens is 306 g/mol. The van der Waals surface area contributed by atoms with Gasteiger partial charge in [0.1, 0.15) is 0 Å². The van der Waals surface area contributed by atoms with Crippen LogP contribution in [0.3, 0.4) is 0 Å². The van der Waals surface area contributed by atoms with E-state index < -0.39 is 6.10 Å². The molecule has 0 aromatic heterocycles. The molecular formula is C19H29NO4. The van der Waals surface area contributed by atoms with Crippen LogP contribution in [0, 0.1) is 0 Å².